The van der Waals surface area contributed by atoms with Crippen molar-refractivity contribution >= 4 is 0 Å². The predicted octanol–water partition coefficient (Wildman–Crippen LogP) is 2.26. The molecular weight excluding hydrogens is 190 g/mol. The van der Waals surface area contributed by atoms with Crippen molar-refractivity contribution in [1.29, 1.82) is 0 Å². The highest BCUT2D eigenvalue weighted by Crippen LogP contribution is 2.21. The lowest BCUT2D eigenvalue weighted by Crippen LogP contribution is -2.02. The van der Waals surface area contributed by atoms with Gasteiger partial charge in [-0.2, -0.15) is 0 Å². The van der Waals surface area contributed by atoms with Gasteiger partial charge in [-0.3, -0.25) is 4.98 Å². The second kappa shape index (κ2) is 4.28. The molecule has 2 rings (SSSR count). The van der Waals surface area contributed by atoms with Crippen molar-refractivity contribution in [2.24, 2.45) is 0 Å². The van der Waals surface area contributed by atoms with Crippen LogP contribution in [-0.4, -0.2) is 10.1 Å². The highest BCUT2D eigenvalue weighted by atomic mass is 16.3. The summed E-state index contributed by atoms with van der Waals surface area (Å²) in [6, 6.07) is 5.62. The Morgan fingerprint density at radius 2 is 2.33 bits per heavy atom. The molecule has 0 amide bonds. The number of furan rings is 1. The molecule has 0 saturated carbocycles. The van der Waals surface area contributed by atoms with Crippen molar-refractivity contribution in [3.63, 3.8) is 0 Å². The minimum absolute atomic E-state index is 0.520. The van der Waals surface area contributed by atoms with E-state index < -0.39 is 6.10 Å². The van der Waals surface area contributed by atoms with Gasteiger partial charge in [-0.25, -0.2) is 0 Å². The van der Waals surface area contributed by atoms with E-state index in [1.54, 1.807) is 24.7 Å². The van der Waals surface area contributed by atoms with Crippen LogP contribution in [0.5, 0.6) is 0 Å². The molecule has 78 valence electrons. The van der Waals surface area contributed by atoms with Crippen LogP contribution in [0.4, 0.5) is 0 Å². The molecule has 15 heavy (non-hydrogen) atoms. The molecule has 0 aliphatic rings. The zero-order valence-electron chi connectivity index (χ0n) is 8.55. The predicted molar refractivity (Wildman–Crippen MR) is 56.3 cm³/mol. The van der Waals surface area contributed by atoms with Crippen LogP contribution in [0, 0.1) is 6.92 Å². The zero-order chi connectivity index (χ0) is 10.7. The summed E-state index contributed by atoms with van der Waals surface area (Å²) >= 11 is 0. The number of hydrogen-bond acceptors (Lipinski definition) is 3. The van der Waals surface area contributed by atoms with Crippen LogP contribution in [-0.2, 0) is 6.42 Å². The van der Waals surface area contributed by atoms with E-state index >= 15 is 0 Å². The Morgan fingerprint density at radius 3 is 2.93 bits per heavy atom. The highest BCUT2D eigenvalue weighted by molar-refractivity contribution is 5.21. The standard InChI is InChI=1S/C12H13NO2/c1-9-11(4-6-15-9)12(14)7-10-3-2-5-13-8-10/h2-6,8,12,14H,7H2,1H3. The van der Waals surface area contributed by atoms with Crippen molar-refractivity contribution in [3.8, 4) is 0 Å². The van der Waals surface area contributed by atoms with Gasteiger partial charge in [0, 0.05) is 24.4 Å². The summed E-state index contributed by atoms with van der Waals surface area (Å²) in [7, 11) is 0. The van der Waals surface area contributed by atoms with Gasteiger partial charge in [0.1, 0.15) is 5.76 Å². The third-order valence-corrected chi connectivity index (χ3v) is 2.41. The van der Waals surface area contributed by atoms with E-state index in [1.807, 2.05) is 19.1 Å². The first-order valence-corrected chi connectivity index (χ1v) is 4.88. The molecule has 2 aromatic heterocycles. The van der Waals surface area contributed by atoms with Crippen LogP contribution in [0.1, 0.15) is 23.0 Å². The van der Waals surface area contributed by atoms with Gasteiger partial charge in [-0.05, 0) is 24.6 Å². The average molecular weight is 203 g/mol. The Labute approximate surface area is 88.4 Å². The number of hydrogen-bond donors (Lipinski definition) is 1. The van der Waals surface area contributed by atoms with E-state index in [9.17, 15) is 5.11 Å². The van der Waals surface area contributed by atoms with Gasteiger partial charge < -0.3 is 9.52 Å². The third kappa shape index (κ3) is 2.25. The fourth-order valence-electron chi connectivity index (χ4n) is 1.59. The lowest BCUT2D eigenvalue weighted by Gasteiger charge is -2.08. The maximum Gasteiger partial charge on any atom is 0.106 e. The summed E-state index contributed by atoms with van der Waals surface area (Å²) in [4.78, 5) is 4.01. The van der Waals surface area contributed by atoms with Crippen LogP contribution in [0.2, 0.25) is 0 Å². The molecule has 1 unspecified atom stereocenters. The second-order valence-electron chi connectivity index (χ2n) is 3.51. The summed E-state index contributed by atoms with van der Waals surface area (Å²) in [5.41, 5.74) is 1.87. The molecule has 2 heterocycles. The second-order valence-corrected chi connectivity index (χ2v) is 3.51. The van der Waals surface area contributed by atoms with Gasteiger partial charge in [0.15, 0.2) is 0 Å². The Hall–Kier alpha value is -1.61. The quantitative estimate of drug-likeness (QED) is 0.832. The van der Waals surface area contributed by atoms with Gasteiger partial charge in [0.05, 0.1) is 12.4 Å². The number of aliphatic hydroxyl groups is 1. The molecule has 0 aliphatic carbocycles. The molecule has 3 heteroatoms. The Morgan fingerprint density at radius 1 is 1.47 bits per heavy atom. The number of aliphatic hydroxyl groups excluding tert-OH is 1. The molecule has 1 atom stereocenters. The van der Waals surface area contributed by atoms with E-state index in [-0.39, 0.29) is 0 Å². The van der Waals surface area contributed by atoms with Gasteiger partial charge in [-0.15, -0.1) is 0 Å². The van der Waals surface area contributed by atoms with Crippen LogP contribution in [0.3, 0.4) is 0 Å². The van der Waals surface area contributed by atoms with Crippen molar-refractivity contribution in [2.45, 2.75) is 19.4 Å². The molecular formula is C12H13NO2. The van der Waals surface area contributed by atoms with Crippen molar-refractivity contribution in [3.05, 3.63) is 53.7 Å². The van der Waals surface area contributed by atoms with Crippen LogP contribution in [0.15, 0.2) is 41.3 Å². The SMILES string of the molecule is Cc1occc1C(O)Cc1cccnc1. The fraction of sp³-hybridized carbons (Fsp3) is 0.250. The Bertz CT molecular complexity index is 422. The molecule has 2 aromatic rings. The highest BCUT2D eigenvalue weighted by Gasteiger charge is 2.12. The molecule has 0 aromatic carbocycles. The van der Waals surface area contributed by atoms with Crippen LogP contribution < -0.4 is 0 Å². The molecule has 3 nitrogen and oxygen atoms in total. The first kappa shape index (κ1) is 9.93. The van der Waals surface area contributed by atoms with Crippen molar-refractivity contribution in [2.75, 3.05) is 0 Å². The number of aryl methyl sites for hydroxylation is 1. The van der Waals surface area contributed by atoms with Crippen LogP contribution >= 0.6 is 0 Å². The first-order chi connectivity index (χ1) is 7.27. The lowest BCUT2D eigenvalue weighted by atomic mass is 10.0. The van der Waals surface area contributed by atoms with E-state index in [4.69, 9.17) is 4.42 Å². The third-order valence-electron chi connectivity index (χ3n) is 2.41. The minimum Gasteiger partial charge on any atom is -0.469 e. The summed E-state index contributed by atoms with van der Waals surface area (Å²) < 4.78 is 5.15. The Kier molecular flexibility index (Phi) is 2.83. The molecule has 0 saturated heterocycles. The molecule has 0 spiro atoms. The molecule has 0 bridgehead atoms. The van der Waals surface area contributed by atoms with Crippen molar-refractivity contribution in [1.82, 2.24) is 4.98 Å². The number of nitrogens with zero attached hydrogens (tertiary/aromatic N) is 1. The monoisotopic (exact) mass is 203 g/mol. The summed E-state index contributed by atoms with van der Waals surface area (Å²) in [5.74, 6) is 0.770. The number of pyridine rings is 1. The number of rotatable bonds is 3. The topological polar surface area (TPSA) is 46.3 Å². The largest absolute Gasteiger partial charge is 0.469 e. The summed E-state index contributed by atoms with van der Waals surface area (Å²) in [6.45, 7) is 1.85. The summed E-state index contributed by atoms with van der Waals surface area (Å²) in [5, 5.41) is 9.96. The average Bonchev–Trinajstić information content (AvgIpc) is 2.66. The van der Waals surface area contributed by atoms with Gasteiger partial charge >= 0.3 is 0 Å². The number of aromatic nitrogens is 1. The normalized spacial score (nSPS) is 12.7. The molecule has 1 N–H and O–H groups in total. The van der Waals surface area contributed by atoms with E-state index in [2.05, 4.69) is 4.98 Å². The van der Waals surface area contributed by atoms with E-state index in [0.29, 0.717) is 6.42 Å². The van der Waals surface area contributed by atoms with E-state index in [0.717, 1.165) is 16.9 Å². The van der Waals surface area contributed by atoms with Crippen molar-refractivity contribution < 1.29 is 9.52 Å². The Balaban J connectivity index is 2.11. The van der Waals surface area contributed by atoms with Gasteiger partial charge in [0.2, 0.25) is 0 Å². The van der Waals surface area contributed by atoms with E-state index in [1.165, 1.54) is 0 Å². The zero-order valence-corrected chi connectivity index (χ0v) is 8.55. The minimum atomic E-state index is -0.520. The lowest BCUT2D eigenvalue weighted by molar-refractivity contribution is 0.176. The van der Waals surface area contributed by atoms with Gasteiger partial charge in [0.25, 0.3) is 0 Å². The molecule has 0 radical (unpaired) electrons. The maximum atomic E-state index is 9.96. The summed E-state index contributed by atoms with van der Waals surface area (Å²) in [6.07, 6.45) is 5.12. The first-order valence-electron chi connectivity index (χ1n) is 4.88. The maximum absolute atomic E-state index is 9.96. The van der Waals surface area contributed by atoms with Gasteiger partial charge in [-0.1, -0.05) is 6.07 Å². The molecule has 0 fully saturated rings. The molecule has 0 aliphatic heterocycles. The smallest absolute Gasteiger partial charge is 0.106 e. The van der Waals surface area contributed by atoms with Crippen LogP contribution in [0.25, 0.3) is 0 Å². The fourth-order valence-corrected chi connectivity index (χ4v) is 1.59.